The summed E-state index contributed by atoms with van der Waals surface area (Å²) in [5, 5.41) is 18.5. The molecule has 1 rings (SSSR count). The van der Waals surface area contributed by atoms with Crippen LogP contribution in [0.15, 0.2) is 0 Å². The summed E-state index contributed by atoms with van der Waals surface area (Å²) in [6, 6.07) is 3.70. The normalized spacial score (nSPS) is 21.5. The first kappa shape index (κ1) is 20.3. The highest BCUT2D eigenvalue weighted by Crippen LogP contribution is 2.40. The van der Waals surface area contributed by atoms with Crippen molar-refractivity contribution in [3.05, 3.63) is 0 Å². The van der Waals surface area contributed by atoms with E-state index < -0.39 is 24.4 Å². The fourth-order valence-corrected chi connectivity index (χ4v) is 3.04. The maximum absolute atomic E-state index is 12.4. The molecule has 1 fully saturated rings. The summed E-state index contributed by atoms with van der Waals surface area (Å²) in [7, 11) is 3.91. The van der Waals surface area contributed by atoms with Gasteiger partial charge in [0.2, 0.25) is 0 Å². The number of hydrogen-bond donors (Lipinski definition) is 0. The molecular weight excluding hydrogens is 315 g/mol. The largest absolute Gasteiger partial charge is 0.389 e. The molecule has 0 N–H and O–H groups in total. The van der Waals surface area contributed by atoms with Crippen LogP contribution in [0.1, 0.15) is 44.9 Å². The van der Waals surface area contributed by atoms with Gasteiger partial charge in [0.25, 0.3) is 0 Å². The van der Waals surface area contributed by atoms with Gasteiger partial charge in [-0.15, -0.1) is 0 Å². The van der Waals surface area contributed by atoms with Crippen LogP contribution in [0.4, 0.5) is 13.2 Å². The number of rotatable bonds is 5. The maximum Gasteiger partial charge on any atom is 0.389 e. The van der Waals surface area contributed by atoms with E-state index >= 15 is 0 Å². The summed E-state index contributed by atoms with van der Waals surface area (Å²) in [6.45, 7) is 0.712. The molecule has 0 aliphatic heterocycles. The quantitative estimate of drug-likeness (QED) is 0.708. The van der Waals surface area contributed by atoms with Gasteiger partial charge in [0.05, 0.1) is 18.7 Å². The predicted octanol–water partition coefficient (Wildman–Crippen LogP) is 4.12. The second kappa shape index (κ2) is 8.95. The lowest BCUT2D eigenvalue weighted by molar-refractivity contribution is -0.138. The minimum Gasteiger partial charge on any atom is -0.299 e. The summed E-state index contributed by atoms with van der Waals surface area (Å²) in [6.07, 6.45) is -2.22. The van der Waals surface area contributed by atoms with E-state index in [1.807, 2.05) is 31.1 Å². The number of alkyl halides is 3. The van der Waals surface area contributed by atoms with Crippen LogP contribution < -0.4 is 0 Å². The molecule has 3 nitrogen and oxygen atoms in total. The van der Waals surface area contributed by atoms with Crippen molar-refractivity contribution in [1.29, 1.82) is 10.5 Å². The highest BCUT2D eigenvalue weighted by Gasteiger charge is 2.39. The zero-order valence-corrected chi connectivity index (χ0v) is 14.3. The Bertz CT molecular complexity index is 521. The number of nitriles is 2. The topological polar surface area (TPSA) is 50.8 Å². The standard InChI is InChI=1S/C18H24F3N3/c1-24(2)11-3-4-15-5-7-16(8-6-15)12-17(13-22,14-23)9-10-18(19,20)21/h15-16H,5-12H2,1-2H3. The minimum atomic E-state index is -4.33. The Morgan fingerprint density at radius 1 is 1.00 bits per heavy atom. The van der Waals surface area contributed by atoms with Crippen LogP contribution >= 0.6 is 0 Å². The molecule has 0 aromatic rings. The molecule has 6 heteroatoms. The van der Waals surface area contributed by atoms with Gasteiger partial charge in [0, 0.05) is 12.3 Å². The third-order valence-corrected chi connectivity index (χ3v) is 4.45. The van der Waals surface area contributed by atoms with Crippen LogP contribution in [0.5, 0.6) is 0 Å². The number of hydrogen-bond acceptors (Lipinski definition) is 3. The molecule has 0 aromatic carbocycles. The summed E-state index contributed by atoms with van der Waals surface area (Å²) < 4.78 is 37.3. The Kier molecular flexibility index (Phi) is 7.59. The Labute approximate surface area is 142 Å². The van der Waals surface area contributed by atoms with Gasteiger partial charge in [-0.25, -0.2) is 0 Å². The third kappa shape index (κ3) is 7.24. The summed E-state index contributed by atoms with van der Waals surface area (Å²) in [5.74, 6) is 6.81. The lowest BCUT2D eigenvalue weighted by Crippen LogP contribution is -2.26. The molecule has 0 atom stereocenters. The van der Waals surface area contributed by atoms with Crippen LogP contribution in [0, 0.1) is 51.8 Å². The van der Waals surface area contributed by atoms with Gasteiger partial charge in [-0.05, 0) is 58.5 Å². The number of nitrogens with zero attached hydrogens (tertiary/aromatic N) is 3. The lowest BCUT2D eigenvalue weighted by atomic mass is 9.72. The predicted molar refractivity (Wildman–Crippen MR) is 85.3 cm³/mol. The minimum absolute atomic E-state index is 0.129. The first-order chi connectivity index (χ1) is 11.2. The zero-order chi connectivity index (χ0) is 18.2. The summed E-state index contributed by atoms with van der Waals surface area (Å²) in [4.78, 5) is 1.99. The molecule has 0 unspecified atom stereocenters. The second-order valence-corrected chi connectivity index (χ2v) is 6.90. The maximum atomic E-state index is 12.4. The second-order valence-electron chi connectivity index (χ2n) is 6.90. The van der Waals surface area contributed by atoms with Gasteiger partial charge in [-0.2, -0.15) is 23.7 Å². The molecule has 24 heavy (non-hydrogen) atoms. The molecule has 1 aliphatic rings. The molecule has 0 saturated heterocycles. The first-order valence-electron chi connectivity index (χ1n) is 8.22. The van der Waals surface area contributed by atoms with Crippen molar-refractivity contribution in [3.8, 4) is 24.0 Å². The van der Waals surface area contributed by atoms with E-state index in [4.69, 9.17) is 0 Å². The highest BCUT2D eigenvalue weighted by molar-refractivity contribution is 5.14. The molecule has 132 valence electrons. The average Bonchev–Trinajstić information content (AvgIpc) is 2.52. The van der Waals surface area contributed by atoms with Crippen molar-refractivity contribution in [2.45, 2.75) is 51.1 Å². The van der Waals surface area contributed by atoms with Crippen LogP contribution in [-0.2, 0) is 0 Å². The van der Waals surface area contributed by atoms with E-state index in [1.165, 1.54) is 0 Å². The molecule has 0 spiro atoms. The molecule has 0 radical (unpaired) electrons. The Hall–Kier alpha value is -1.71. The van der Waals surface area contributed by atoms with Crippen molar-refractivity contribution in [2.75, 3.05) is 20.6 Å². The molecule has 1 aliphatic carbocycles. The molecular formula is C18H24F3N3. The van der Waals surface area contributed by atoms with Crippen molar-refractivity contribution in [2.24, 2.45) is 17.3 Å². The molecule has 0 bridgehead atoms. The van der Waals surface area contributed by atoms with Crippen LogP contribution in [0.2, 0.25) is 0 Å². The van der Waals surface area contributed by atoms with Gasteiger partial charge in [0.15, 0.2) is 0 Å². The van der Waals surface area contributed by atoms with E-state index in [2.05, 4.69) is 11.8 Å². The van der Waals surface area contributed by atoms with Crippen molar-refractivity contribution in [1.82, 2.24) is 4.90 Å². The molecule has 0 heterocycles. The van der Waals surface area contributed by atoms with Crippen LogP contribution in [-0.4, -0.2) is 31.7 Å². The smallest absolute Gasteiger partial charge is 0.299 e. The highest BCUT2D eigenvalue weighted by atomic mass is 19.4. The van der Waals surface area contributed by atoms with Crippen LogP contribution in [0.3, 0.4) is 0 Å². The molecule has 0 amide bonds. The van der Waals surface area contributed by atoms with Gasteiger partial charge in [0.1, 0.15) is 5.41 Å². The lowest BCUT2D eigenvalue weighted by Gasteiger charge is -2.30. The van der Waals surface area contributed by atoms with E-state index in [0.29, 0.717) is 12.5 Å². The monoisotopic (exact) mass is 339 g/mol. The first-order valence-corrected chi connectivity index (χ1v) is 8.22. The molecule has 1 saturated carbocycles. The summed E-state index contributed by atoms with van der Waals surface area (Å²) >= 11 is 0. The van der Waals surface area contributed by atoms with E-state index in [0.717, 1.165) is 25.7 Å². The third-order valence-electron chi connectivity index (χ3n) is 4.45. The van der Waals surface area contributed by atoms with Gasteiger partial charge < -0.3 is 0 Å². The van der Waals surface area contributed by atoms with Gasteiger partial charge in [-0.1, -0.05) is 11.8 Å². The van der Waals surface area contributed by atoms with E-state index in [1.54, 1.807) is 0 Å². The zero-order valence-electron chi connectivity index (χ0n) is 14.3. The van der Waals surface area contributed by atoms with E-state index in [9.17, 15) is 23.7 Å². The number of halogens is 3. The average molecular weight is 339 g/mol. The van der Waals surface area contributed by atoms with Crippen molar-refractivity contribution >= 4 is 0 Å². The van der Waals surface area contributed by atoms with Gasteiger partial charge in [-0.3, -0.25) is 4.90 Å². The summed E-state index contributed by atoms with van der Waals surface area (Å²) in [5.41, 5.74) is -1.52. The van der Waals surface area contributed by atoms with Crippen LogP contribution in [0.25, 0.3) is 0 Å². The van der Waals surface area contributed by atoms with Gasteiger partial charge >= 0.3 is 6.18 Å². The van der Waals surface area contributed by atoms with Crippen molar-refractivity contribution in [3.63, 3.8) is 0 Å². The fraction of sp³-hybridized carbons (Fsp3) is 0.778. The Morgan fingerprint density at radius 2 is 1.58 bits per heavy atom. The SMILES string of the molecule is CN(C)CC#CC1CCC(CC(C#N)(C#N)CCC(F)(F)F)CC1. The Morgan fingerprint density at radius 3 is 2.04 bits per heavy atom. The van der Waals surface area contributed by atoms with E-state index in [-0.39, 0.29) is 12.3 Å². The fourth-order valence-electron chi connectivity index (χ4n) is 3.04. The van der Waals surface area contributed by atoms with Crippen molar-refractivity contribution < 1.29 is 13.2 Å². The Balaban J connectivity index is 2.55. The molecule has 0 aromatic heterocycles.